The van der Waals surface area contributed by atoms with E-state index in [0.29, 0.717) is 11.4 Å². The van der Waals surface area contributed by atoms with Crippen LogP contribution in [-0.2, 0) is 9.59 Å². The second-order valence-electron chi connectivity index (χ2n) is 6.21. The lowest BCUT2D eigenvalue weighted by atomic mass is 10.1. The summed E-state index contributed by atoms with van der Waals surface area (Å²) >= 11 is 4.38. The molecule has 0 unspecified atom stereocenters. The fraction of sp³-hybridized carbons (Fsp3) is 0.200. The van der Waals surface area contributed by atoms with E-state index in [4.69, 9.17) is 10.5 Å². The maximum absolute atomic E-state index is 12.7. The molecule has 29 heavy (non-hydrogen) atoms. The molecular weight excluding hydrogens is 456 g/mol. The van der Waals surface area contributed by atoms with Gasteiger partial charge in [0.15, 0.2) is 5.17 Å². The van der Waals surface area contributed by atoms with Crippen LogP contribution in [0.1, 0.15) is 18.9 Å². The molecule has 2 aromatic rings. The van der Waals surface area contributed by atoms with Crippen molar-refractivity contribution in [3.05, 3.63) is 58.6 Å². The molecule has 1 heterocycles. The standard InChI is InChI=1S/C20H19BrN4O3S/c1-12(13-3-9-16(28-2)10-4-13)23-24-20(22)29-17-11-18(26)25(19(17)27)15-7-5-14(21)6-8-15/h3-10,17H,11H2,1-2H3,(H2,22,24)/b23-12-/t17-/m1/s1. The lowest BCUT2D eigenvalue weighted by molar-refractivity contribution is -0.121. The van der Waals surface area contributed by atoms with Crippen LogP contribution in [-0.4, -0.2) is 35.1 Å². The molecule has 150 valence electrons. The van der Waals surface area contributed by atoms with Crippen LogP contribution in [0.4, 0.5) is 5.69 Å². The van der Waals surface area contributed by atoms with Crippen molar-refractivity contribution >= 4 is 56.1 Å². The average molecular weight is 475 g/mol. The van der Waals surface area contributed by atoms with Gasteiger partial charge in [0.2, 0.25) is 11.8 Å². The Morgan fingerprint density at radius 1 is 1.14 bits per heavy atom. The number of nitrogens with zero attached hydrogens (tertiary/aromatic N) is 3. The van der Waals surface area contributed by atoms with Crippen LogP contribution in [0.5, 0.6) is 5.75 Å². The maximum Gasteiger partial charge on any atom is 0.247 e. The summed E-state index contributed by atoms with van der Waals surface area (Å²) < 4.78 is 6.00. The normalized spacial score (nSPS) is 17.8. The van der Waals surface area contributed by atoms with E-state index in [-0.39, 0.29) is 23.4 Å². The first kappa shape index (κ1) is 21.1. The number of carbonyl (C=O) groups is 2. The summed E-state index contributed by atoms with van der Waals surface area (Å²) in [6.07, 6.45) is 0.0664. The summed E-state index contributed by atoms with van der Waals surface area (Å²) in [5.41, 5.74) is 8.02. The van der Waals surface area contributed by atoms with Crippen LogP contribution in [0.2, 0.25) is 0 Å². The van der Waals surface area contributed by atoms with Crippen molar-refractivity contribution in [1.82, 2.24) is 0 Å². The van der Waals surface area contributed by atoms with Crippen LogP contribution < -0.4 is 15.4 Å². The van der Waals surface area contributed by atoms with Gasteiger partial charge in [0.05, 0.1) is 18.5 Å². The van der Waals surface area contributed by atoms with Gasteiger partial charge in [-0.25, -0.2) is 4.90 Å². The third kappa shape index (κ3) is 5.04. The molecule has 1 saturated heterocycles. The van der Waals surface area contributed by atoms with Gasteiger partial charge in [-0.1, -0.05) is 27.7 Å². The molecule has 1 atom stereocenters. The quantitative estimate of drug-likeness (QED) is 0.309. The highest BCUT2D eigenvalue weighted by Gasteiger charge is 2.40. The van der Waals surface area contributed by atoms with Gasteiger partial charge in [-0.15, -0.1) is 5.10 Å². The Morgan fingerprint density at radius 2 is 1.79 bits per heavy atom. The van der Waals surface area contributed by atoms with Crippen molar-refractivity contribution in [2.75, 3.05) is 12.0 Å². The lowest BCUT2D eigenvalue weighted by Gasteiger charge is -2.14. The third-order valence-corrected chi connectivity index (χ3v) is 5.76. The summed E-state index contributed by atoms with van der Waals surface area (Å²) in [5.74, 6) is 0.178. The summed E-state index contributed by atoms with van der Waals surface area (Å²) in [5, 5.41) is 7.63. The molecule has 3 rings (SSSR count). The van der Waals surface area contributed by atoms with Gasteiger partial charge in [0, 0.05) is 10.9 Å². The van der Waals surface area contributed by atoms with Crippen LogP contribution >= 0.6 is 27.7 Å². The van der Waals surface area contributed by atoms with E-state index in [9.17, 15) is 9.59 Å². The van der Waals surface area contributed by atoms with Crippen molar-refractivity contribution in [2.45, 2.75) is 18.6 Å². The van der Waals surface area contributed by atoms with Gasteiger partial charge in [-0.2, -0.15) is 5.10 Å². The van der Waals surface area contributed by atoms with E-state index in [0.717, 1.165) is 27.5 Å². The number of halogens is 1. The fourth-order valence-electron chi connectivity index (χ4n) is 2.74. The highest BCUT2D eigenvalue weighted by molar-refractivity contribution is 9.10. The second-order valence-corrected chi connectivity index (χ2v) is 8.35. The number of carbonyl (C=O) groups excluding carboxylic acids is 2. The fourth-order valence-corrected chi connectivity index (χ4v) is 3.82. The van der Waals surface area contributed by atoms with Crippen molar-refractivity contribution in [1.29, 1.82) is 0 Å². The smallest absolute Gasteiger partial charge is 0.247 e. The molecule has 1 aliphatic heterocycles. The molecule has 9 heteroatoms. The number of hydrogen-bond donors (Lipinski definition) is 1. The highest BCUT2D eigenvalue weighted by atomic mass is 79.9. The second kappa shape index (κ2) is 9.23. The first-order valence-electron chi connectivity index (χ1n) is 8.70. The Labute approximate surface area is 181 Å². The molecule has 0 bridgehead atoms. The van der Waals surface area contributed by atoms with Gasteiger partial charge < -0.3 is 10.5 Å². The van der Waals surface area contributed by atoms with Gasteiger partial charge in [0.25, 0.3) is 0 Å². The van der Waals surface area contributed by atoms with Crippen molar-refractivity contribution in [3.63, 3.8) is 0 Å². The van der Waals surface area contributed by atoms with Gasteiger partial charge >= 0.3 is 0 Å². The zero-order chi connectivity index (χ0) is 21.0. The Morgan fingerprint density at radius 3 is 2.41 bits per heavy atom. The Bertz CT molecular complexity index is 974. The zero-order valence-electron chi connectivity index (χ0n) is 15.8. The van der Waals surface area contributed by atoms with E-state index in [2.05, 4.69) is 26.1 Å². The molecule has 0 saturated carbocycles. The van der Waals surface area contributed by atoms with E-state index in [1.807, 2.05) is 31.2 Å². The van der Waals surface area contributed by atoms with Crippen LogP contribution in [0, 0.1) is 0 Å². The molecule has 0 radical (unpaired) electrons. The number of methoxy groups -OCH3 is 1. The Balaban J connectivity index is 1.68. The minimum absolute atomic E-state index is 0.0664. The molecule has 1 aliphatic rings. The number of thioether (sulfide) groups is 1. The summed E-state index contributed by atoms with van der Waals surface area (Å²) in [6.45, 7) is 1.81. The van der Waals surface area contributed by atoms with Crippen molar-refractivity contribution in [2.24, 2.45) is 15.9 Å². The van der Waals surface area contributed by atoms with Gasteiger partial charge in [0.1, 0.15) is 11.0 Å². The lowest BCUT2D eigenvalue weighted by Crippen LogP contribution is -2.31. The first-order valence-corrected chi connectivity index (χ1v) is 10.4. The Hall–Kier alpha value is -2.65. The topological polar surface area (TPSA) is 97.3 Å². The third-order valence-electron chi connectivity index (χ3n) is 4.26. The number of imide groups is 1. The van der Waals surface area contributed by atoms with Gasteiger partial charge in [-0.05, 0) is 61.0 Å². The molecular formula is C20H19BrN4O3S. The highest BCUT2D eigenvalue weighted by Crippen LogP contribution is 2.30. The van der Waals surface area contributed by atoms with Crippen LogP contribution in [0.15, 0.2) is 63.2 Å². The monoisotopic (exact) mass is 474 g/mol. The molecule has 2 amide bonds. The molecule has 0 aromatic heterocycles. The van der Waals surface area contributed by atoms with E-state index in [1.54, 1.807) is 31.4 Å². The largest absolute Gasteiger partial charge is 0.497 e. The average Bonchev–Trinajstić information content (AvgIpc) is 3.00. The van der Waals surface area contributed by atoms with E-state index >= 15 is 0 Å². The molecule has 1 fully saturated rings. The molecule has 0 aliphatic carbocycles. The summed E-state index contributed by atoms with van der Waals surface area (Å²) in [4.78, 5) is 26.2. The van der Waals surface area contributed by atoms with Gasteiger partial charge in [-0.3, -0.25) is 9.59 Å². The predicted molar refractivity (Wildman–Crippen MR) is 119 cm³/mol. The number of rotatable bonds is 5. The maximum atomic E-state index is 12.7. The number of amidine groups is 1. The van der Waals surface area contributed by atoms with Crippen molar-refractivity contribution in [3.8, 4) is 5.75 Å². The number of benzene rings is 2. The van der Waals surface area contributed by atoms with Crippen LogP contribution in [0.25, 0.3) is 0 Å². The van der Waals surface area contributed by atoms with Crippen LogP contribution in [0.3, 0.4) is 0 Å². The minimum atomic E-state index is -0.619. The number of hydrogen-bond acceptors (Lipinski definition) is 6. The molecule has 2 N–H and O–H groups in total. The first-order chi connectivity index (χ1) is 13.9. The zero-order valence-corrected chi connectivity index (χ0v) is 18.2. The molecule has 2 aromatic carbocycles. The number of anilines is 1. The molecule has 0 spiro atoms. The SMILES string of the molecule is COc1ccc(/C(C)=N\N=C(N)S[C@@H]2CC(=O)N(c3ccc(Br)cc3)C2=O)cc1. The number of ether oxygens (including phenoxy) is 1. The van der Waals surface area contributed by atoms with E-state index < -0.39 is 5.25 Å². The summed E-state index contributed by atoms with van der Waals surface area (Å²) in [7, 11) is 1.60. The number of nitrogens with two attached hydrogens (primary N) is 1. The van der Waals surface area contributed by atoms with E-state index in [1.165, 1.54) is 4.90 Å². The Kier molecular flexibility index (Phi) is 6.71. The van der Waals surface area contributed by atoms with Crippen molar-refractivity contribution < 1.29 is 14.3 Å². The summed E-state index contributed by atoms with van der Waals surface area (Å²) in [6, 6.07) is 14.4. The number of amides is 2. The molecule has 7 nitrogen and oxygen atoms in total. The predicted octanol–water partition coefficient (Wildman–Crippen LogP) is 3.56. The minimum Gasteiger partial charge on any atom is -0.497 e.